The first-order chi connectivity index (χ1) is 52.9. The number of nitrogens with one attached hydrogen (secondary N) is 9. The molecule has 13 rings (SSSR count). The number of hydrogen-bond donors (Lipinski definition) is 9. The minimum Gasteiger partial charge on any atom is -0.493 e. The number of benzene rings is 6. The van der Waals surface area contributed by atoms with Crippen LogP contribution in [0.1, 0.15) is 76.7 Å². The highest BCUT2D eigenvalue weighted by Crippen LogP contribution is 2.35. The fourth-order valence-electron chi connectivity index (χ4n) is 11.7. The number of carbonyl (C=O) groups excluding carboxylic acids is 3. The zero-order valence-electron chi connectivity index (χ0n) is 60.8. The minimum atomic E-state index is -3.84. The average Bonchev–Trinajstić information content (AvgIpc) is 1.78. The SMILES string of the molecule is CCCS(=O)(=O)Nc1ccc(F)c(C(=O)Nc2cnc3[nH]c(-c4ccc(OCCN(C)C)cc4)cc3c2)c1F.CCCS(=O)(=O)Nc1ccc(F)c(C(=O)Nc2cnc3[nH]c(-c4ccc5c(c4)CCO5)cc3c2)c1F.CCCS(=O)(=O)Nc1ccc(F)c(C(=O)Nc2cnc3[nH]c(-c4cccc(N(C)C)c4)cc3c2)c1F. The Balaban J connectivity index is 0.000000165. The lowest BCUT2D eigenvalue weighted by molar-refractivity contribution is 0.101. The van der Waals surface area contributed by atoms with Gasteiger partial charge in [0.2, 0.25) is 30.1 Å². The highest BCUT2D eigenvalue weighted by molar-refractivity contribution is 7.93. The molecule has 6 aromatic carbocycles. The predicted molar refractivity (Wildman–Crippen MR) is 418 cm³/mol. The van der Waals surface area contributed by atoms with E-state index in [1.54, 1.807) is 39.0 Å². The molecule has 0 saturated carbocycles. The Morgan fingerprint density at radius 2 is 0.865 bits per heavy atom. The van der Waals surface area contributed by atoms with Crippen molar-refractivity contribution in [2.75, 3.05) is 100 Å². The Kier molecular flexibility index (Phi) is 24.7. The lowest BCUT2D eigenvalue weighted by Gasteiger charge is -2.13. The lowest BCUT2D eigenvalue weighted by Crippen LogP contribution is -2.20. The molecule has 0 saturated heterocycles. The molecule has 6 aromatic heterocycles. The Morgan fingerprint density at radius 1 is 0.477 bits per heavy atom. The van der Waals surface area contributed by atoms with Crippen molar-refractivity contribution in [1.82, 2.24) is 34.8 Å². The molecule has 7 heterocycles. The number of ether oxygens (including phenoxy) is 2. The molecule has 34 heteroatoms. The summed E-state index contributed by atoms with van der Waals surface area (Å²) in [7, 11) is -3.67. The molecule has 0 fully saturated rings. The van der Waals surface area contributed by atoms with Crippen LogP contribution in [0.3, 0.4) is 0 Å². The highest BCUT2D eigenvalue weighted by Gasteiger charge is 2.28. The molecule has 0 radical (unpaired) electrons. The molecule has 9 N–H and O–H groups in total. The molecule has 1 aliphatic heterocycles. The van der Waals surface area contributed by atoms with Crippen LogP contribution < -0.4 is 44.5 Å². The van der Waals surface area contributed by atoms with Gasteiger partial charge in [0.1, 0.15) is 69.2 Å². The summed E-state index contributed by atoms with van der Waals surface area (Å²) in [5.41, 5.74) is 5.47. The van der Waals surface area contributed by atoms with Crippen LogP contribution in [0.4, 0.5) is 66.2 Å². The number of fused-ring (bicyclic) bond motifs is 4. The molecule has 0 bridgehead atoms. The number of H-pyrrole nitrogens is 3. The smallest absolute Gasteiger partial charge is 0.261 e. The summed E-state index contributed by atoms with van der Waals surface area (Å²) in [5.74, 6) is -9.61. The van der Waals surface area contributed by atoms with Gasteiger partial charge >= 0.3 is 0 Å². The number of sulfonamides is 3. The third kappa shape index (κ3) is 19.7. The third-order valence-corrected chi connectivity index (χ3v) is 21.4. The van der Waals surface area contributed by atoms with Gasteiger partial charge in [-0.1, -0.05) is 32.9 Å². The molecular weight excluding hydrogens is 1510 g/mol. The molecule has 0 spiro atoms. The predicted octanol–water partition coefficient (Wildman–Crippen LogP) is 14.7. The van der Waals surface area contributed by atoms with E-state index in [0.29, 0.717) is 65.6 Å². The zero-order valence-corrected chi connectivity index (χ0v) is 63.3. The van der Waals surface area contributed by atoms with Gasteiger partial charge in [-0.15, -0.1) is 0 Å². The fraction of sp³-hybridized carbons (Fsp3) is 0.221. The van der Waals surface area contributed by atoms with E-state index in [1.165, 1.54) is 18.6 Å². The molecule has 25 nitrogen and oxygen atoms in total. The van der Waals surface area contributed by atoms with Crippen LogP contribution in [0.25, 0.3) is 66.9 Å². The summed E-state index contributed by atoms with van der Waals surface area (Å²) >= 11 is 0. The molecular formula is C77H76F6N14O11S3. The number of aromatic nitrogens is 6. The number of aromatic amines is 3. The summed E-state index contributed by atoms with van der Waals surface area (Å²) < 4.78 is 178. The van der Waals surface area contributed by atoms with E-state index < -0.39 is 116 Å². The van der Waals surface area contributed by atoms with Crippen molar-refractivity contribution >= 4 is 121 Å². The van der Waals surface area contributed by atoms with Crippen molar-refractivity contribution in [2.24, 2.45) is 0 Å². The van der Waals surface area contributed by atoms with Crippen LogP contribution >= 0.6 is 0 Å². The van der Waals surface area contributed by atoms with Crippen LogP contribution in [0.15, 0.2) is 158 Å². The Morgan fingerprint density at radius 3 is 1.25 bits per heavy atom. The second kappa shape index (κ2) is 34.3. The largest absolute Gasteiger partial charge is 0.493 e. The van der Waals surface area contributed by atoms with Gasteiger partial charge in [-0.2, -0.15) is 0 Å². The molecule has 1 aliphatic rings. The molecule has 0 unspecified atom stereocenters. The van der Waals surface area contributed by atoms with Crippen molar-refractivity contribution in [3.05, 3.63) is 215 Å². The van der Waals surface area contributed by atoms with Crippen molar-refractivity contribution in [1.29, 1.82) is 0 Å². The monoisotopic (exact) mass is 1580 g/mol. The van der Waals surface area contributed by atoms with Crippen LogP contribution in [-0.4, -0.2) is 143 Å². The second-order valence-electron chi connectivity index (χ2n) is 26.1. The maximum Gasteiger partial charge on any atom is 0.261 e. The quantitative estimate of drug-likeness (QED) is 0.0227. The van der Waals surface area contributed by atoms with Crippen molar-refractivity contribution in [3.8, 4) is 45.3 Å². The number of rotatable bonds is 26. The van der Waals surface area contributed by atoms with Crippen molar-refractivity contribution in [2.45, 2.75) is 46.5 Å². The number of halogens is 6. The lowest BCUT2D eigenvalue weighted by atomic mass is 10.1. The van der Waals surface area contributed by atoms with Gasteiger partial charge in [0.05, 0.1) is 76.6 Å². The number of likely N-dealkylation sites (N-methyl/N-ethyl adjacent to an activating group) is 1. The first kappa shape index (κ1) is 80.0. The molecule has 3 amide bonds. The van der Waals surface area contributed by atoms with Crippen molar-refractivity contribution in [3.63, 3.8) is 0 Å². The maximum atomic E-state index is 15.0. The average molecular weight is 1580 g/mol. The van der Waals surface area contributed by atoms with Crippen LogP contribution in [0, 0.1) is 34.9 Å². The first-order valence-corrected chi connectivity index (χ1v) is 39.6. The van der Waals surface area contributed by atoms with E-state index in [-0.39, 0.29) is 34.3 Å². The molecule has 0 aliphatic carbocycles. The summed E-state index contributed by atoms with van der Waals surface area (Å²) in [4.78, 5) is 64.9. The number of hydrogen-bond acceptors (Lipinski definition) is 16. The molecule has 580 valence electrons. The number of amides is 3. The van der Waals surface area contributed by atoms with Crippen LogP contribution in [0.5, 0.6) is 11.5 Å². The number of nitrogens with zero attached hydrogens (tertiary/aromatic N) is 5. The highest BCUT2D eigenvalue weighted by atomic mass is 32.2. The van der Waals surface area contributed by atoms with E-state index in [2.05, 4.69) is 60.0 Å². The van der Waals surface area contributed by atoms with Gasteiger partial charge < -0.3 is 50.2 Å². The minimum absolute atomic E-state index is 0.207. The van der Waals surface area contributed by atoms with E-state index in [9.17, 15) is 66.0 Å². The fourth-order valence-corrected chi connectivity index (χ4v) is 15.1. The zero-order chi connectivity index (χ0) is 79.6. The summed E-state index contributed by atoms with van der Waals surface area (Å²) in [5, 5.41) is 9.35. The maximum absolute atomic E-state index is 15.0. The van der Waals surface area contributed by atoms with E-state index in [0.717, 1.165) is 106 Å². The summed E-state index contributed by atoms with van der Waals surface area (Å²) in [6.07, 6.45) is 5.84. The third-order valence-electron chi connectivity index (χ3n) is 17.0. The molecule has 0 atom stereocenters. The summed E-state index contributed by atoms with van der Waals surface area (Å²) in [6.45, 7) is 6.98. The van der Waals surface area contributed by atoms with Crippen LogP contribution in [-0.2, 0) is 36.5 Å². The van der Waals surface area contributed by atoms with Crippen LogP contribution in [0.2, 0.25) is 0 Å². The Hall–Kier alpha value is -12.0. The van der Waals surface area contributed by atoms with E-state index >= 15 is 0 Å². The number of pyridine rings is 3. The summed E-state index contributed by atoms with van der Waals surface area (Å²) in [6, 6.07) is 37.1. The van der Waals surface area contributed by atoms with E-state index in [1.807, 2.05) is 123 Å². The van der Waals surface area contributed by atoms with Crippen molar-refractivity contribution < 1.29 is 75.5 Å². The molecule has 12 aromatic rings. The Bertz CT molecular complexity index is 5870. The van der Waals surface area contributed by atoms with Gasteiger partial charge in [-0.25, -0.2) is 66.5 Å². The standard InChI is InChI=1S/C27H29F2N5O4S.C25H25F2N5O3S.C25H22F2N4O4S/c1-4-13-39(36,37)33-22-10-9-21(28)24(25(22)29)27(35)31-19-14-18-15-23(32-26(18)30-16-19)17-5-7-20(8-6-17)38-12-11-34(2)3;1-4-10-36(34,35)31-20-9-8-19(26)22(23(20)27)25(33)29-17-11-16-13-21(30-24(16)28-14-17)15-6-5-7-18(12-15)32(2)3;1-2-9-36(33,34)31-19-5-4-18(26)22(23(19)27)25(32)29-17-11-16-12-20(30-24(16)28-13-17)14-3-6-21-15(10-14)7-8-35-21/h5-10,14-16,33H,4,11-13H2,1-3H3,(H,30,32)(H,31,35);5-9,11-14,31H,4,10H2,1-3H3,(H,28,30)(H,29,33);3-6,10-13,31H,2,7-9H2,1H3,(H,28,30)(H,29,32). The van der Waals surface area contributed by atoms with E-state index in [4.69, 9.17) is 9.47 Å². The Labute approximate surface area is 634 Å². The number of carbonyl (C=O) groups is 3. The van der Waals surface area contributed by atoms with Gasteiger partial charge in [0.25, 0.3) is 17.7 Å². The first-order valence-electron chi connectivity index (χ1n) is 34.7. The second-order valence-corrected chi connectivity index (χ2v) is 31.6. The topological polar surface area (TPSA) is 337 Å². The van der Waals surface area contributed by atoms with Gasteiger partial charge in [0.15, 0.2) is 17.5 Å². The van der Waals surface area contributed by atoms with Gasteiger partial charge in [-0.3, -0.25) is 28.5 Å². The van der Waals surface area contributed by atoms with Gasteiger partial charge in [0, 0.05) is 71.6 Å². The molecule has 111 heavy (non-hydrogen) atoms. The van der Waals surface area contributed by atoms with Gasteiger partial charge in [-0.05, 0) is 177 Å². The number of anilines is 7. The normalized spacial score (nSPS) is 12.0.